The van der Waals surface area contributed by atoms with E-state index in [1.807, 2.05) is 13.8 Å². The van der Waals surface area contributed by atoms with Crippen molar-refractivity contribution in [3.63, 3.8) is 0 Å². The molecule has 0 bridgehead atoms. The lowest BCUT2D eigenvalue weighted by molar-refractivity contribution is 0.0949. The molecule has 138 valence electrons. The van der Waals surface area contributed by atoms with Gasteiger partial charge in [-0.3, -0.25) is 9.69 Å². The molecule has 0 radical (unpaired) electrons. The van der Waals surface area contributed by atoms with Gasteiger partial charge in [-0.15, -0.1) is 0 Å². The Morgan fingerprint density at radius 3 is 2.19 bits per heavy atom. The number of nitrogens with zero attached hydrogens (tertiary/aromatic N) is 1. The molecule has 1 saturated heterocycles. The van der Waals surface area contributed by atoms with Gasteiger partial charge >= 0.3 is 0 Å². The van der Waals surface area contributed by atoms with Gasteiger partial charge in [0, 0.05) is 44.8 Å². The van der Waals surface area contributed by atoms with Crippen LogP contribution in [-0.2, 0) is 13.1 Å². The Hall–Kier alpha value is -2.17. The van der Waals surface area contributed by atoms with E-state index in [0.29, 0.717) is 6.54 Å². The first kappa shape index (κ1) is 18.6. The summed E-state index contributed by atoms with van der Waals surface area (Å²) in [6.07, 6.45) is 0. The van der Waals surface area contributed by atoms with E-state index in [0.717, 1.165) is 55.0 Å². The number of aryl methyl sites for hydroxylation is 3. The fourth-order valence-corrected chi connectivity index (χ4v) is 3.70. The predicted molar refractivity (Wildman–Crippen MR) is 106 cm³/mol. The molecule has 4 heteroatoms. The van der Waals surface area contributed by atoms with Crippen molar-refractivity contribution in [3.8, 4) is 0 Å². The number of benzene rings is 2. The Kier molecular flexibility index (Phi) is 6.07. The normalized spacial score (nSPS) is 15.0. The molecular weight excluding hydrogens is 322 g/mol. The van der Waals surface area contributed by atoms with Crippen molar-refractivity contribution in [1.82, 2.24) is 15.5 Å². The summed E-state index contributed by atoms with van der Waals surface area (Å²) in [5.74, 6) is 0.00453. The van der Waals surface area contributed by atoms with Gasteiger partial charge in [-0.2, -0.15) is 0 Å². The molecule has 0 unspecified atom stereocenters. The third-order valence-corrected chi connectivity index (χ3v) is 5.00. The molecule has 1 fully saturated rings. The van der Waals surface area contributed by atoms with Gasteiger partial charge in [0.1, 0.15) is 0 Å². The summed E-state index contributed by atoms with van der Waals surface area (Å²) in [6.45, 7) is 12.0. The number of carbonyl (C=O) groups is 1. The second-order valence-electron chi connectivity index (χ2n) is 7.30. The van der Waals surface area contributed by atoms with E-state index >= 15 is 0 Å². The molecule has 4 nitrogen and oxygen atoms in total. The molecule has 0 atom stereocenters. The Labute approximate surface area is 156 Å². The SMILES string of the molecule is Cc1cc(C)c(C(=O)NCc2ccc(CN3CCNCC3)cc2)c(C)c1. The maximum atomic E-state index is 12.6. The van der Waals surface area contributed by atoms with Crippen molar-refractivity contribution < 1.29 is 4.79 Å². The fourth-order valence-electron chi connectivity index (χ4n) is 3.70. The van der Waals surface area contributed by atoms with Crippen LogP contribution in [0.3, 0.4) is 0 Å². The highest BCUT2D eigenvalue weighted by atomic mass is 16.1. The van der Waals surface area contributed by atoms with Crippen molar-refractivity contribution in [2.45, 2.75) is 33.9 Å². The minimum atomic E-state index is 0.00453. The minimum absolute atomic E-state index is 0.00453. The molecule has 1 amide bonds. The largest absolute Gasteiger partial charge is 0.348 e. The molecule has 26 heavy (non-hydrogen) atoms. The zero-order chi connectivity index (χ0) is 18.5. The van der Waals surface area contributed by atoms with Crippen LogP contribution in [0.4, 0.5) is 0 Å². The zero-order valence-electron chi connectivity index (χ0n) is 16.1. The molecule has 2 aromatic rings. The molecule has 0 saturated carbocycles. The number of piperazine rings is 1. The fraction of sp³-hybridized carbons (Fsp3) is 0.409. The first-order chi connectivity index (χ1) is 12.5. The van der Waals surface area contributed by atoms with E-state index in [2.05, 4.69) is 58.9 Å². The van der Waals surface area contributed by atoms with Crippen LogP contribution in [0.1, 0.15) is 38.2 Å². The predicted octanol–water partition coefficient (Wildman–Crippen LogP) is 2.95. The maximum Gasteiger partial charge on any atom is 0.252 e. The third kappa shape index (κ3) is 4.71. The molecular formula is C22H29N3O. The number of rotatable bonds is 5. The summed E-state index contributed by atoms with van der Waals surface area (Å²) in [6, 6.07) is 12.7. The third-order valence-electron chi connectivity index (χ3n) is 5.00. The van der Waals surface area contributed by atoms with Gasteiger partial charge in [-0.25, -0.2) is 0 Å². The van der Waals surface area contributed by atoms with Crippen LogP contribution in [0.25, 0.3) is 0 Å². The van der Waals surface area contributed by atoms with Crippen molar-refractivity contribution in [2.24, 2.45) is 0 Å². The van der Waals surface area contributed by atoms with Gasteiger partial charge in [0.2, 0.25) is 0 Å². The molecule has 1 aliphatic rings. The van der Waals surface area contributed by atoms with Gasteiger partial charge in [0.05, 0.1) is 0 Å². The number of hydrogen-bond donors (Lipinski definition) is 2. The summed E-state index contributed by atoms with van der Waals surface area (Å²) in [7, 11) is 0. The smallest absolute Gasteiger partial charge is 0.252 e. The first-order valence-corrected chi connectivity index (χ1v) is 9.40. The van der Waals surface area contributed by atoms with Gasteiger partial charge < -0.3 is 10.6 Å². The zero-order valence-corrected chi connectivity index (χ0v) is 16.1. The maximum absolute atomic E-state index is 12.6. The lowest BCUT2D eigenvalue weighted by Crippen LogP contribution is -2.42. The molecule has 0 aliphatic carbocycles. The topological polar surface area (TPSA) is 44.4 Å². The highest BCUT2D eigenvalue weighted by Crippen LogP contribution is 2.16. The Morgan fingerprint density at radius 1 is 1.00 bits per heavy atom. The van der Waals surface area contributed by atoms with Gasteiger partial charge in [-0.1, -0.05) is 42.0 Å². The first-order valence-electron chi connectivity index (χ1n) is 9.40. The summed E-state index contributed by atoms with van der Waals surface area (Å²) < 4.78 is 0. The number of nitrogens with one attached hydrogen (secondary N) is 2. The van der Waals surface area contributed by atoms with Crippen molar-refractivity contribution >= 4 is 5.91 Å². The molecule has 1 heterocycles. The lowest BCUT2D eigenvalue weighted by atomic mass is 9.99. The molecule has 1 aliphatic heterocycles. The average Bonchev–Trinajstić information content (AvgIpc) is 2.61. The Bertz CT molecular complexity index is 738. The summed E-state index contributed by atoms with van der Waals surface area (Å²) in [4.78, 5) is 15.0. The second-order valence-corrected chi connectivity index (χ2v) is 7.30. The second kappa shape index (κ2) is 8.47. The highest BCUT2D eigenvalue weighted by molar-refractivity contribution is 5.97. The van der Waals surface area contributed by atoms with Crippen LogP contribution in [0.5, 0.6) is 0 Å². The van der Waals surface area contributed by atoms with Gasteiger partial charge in [0.15, 0.2) is 0 Å². The standard InChI is InChI=1S/C22H29N3O/c1-16-12-17(2)21(18(3)13-16)22(26)24-14-19-4-6-20(7-5-19)15-25-10-8-23-9-11-25/h4-7,12-13,23H,8-11,14-15H2,1-3H3,(H,24,26). The molecule has 2 aromatic carbocycles. The van der Waals surface area contributed by atoms with Crippen LogP contribution >= 0.6 is 0 Å². The Balaban J connectivity index is 1.57. The lowest BCUT2D eigenvalue weighted by Gasteiger charge is -2.27. The van der Waals surface area contributed by atoms with E-state index in [-0.39, 0.29) is 5.91 Å². The van der Waals surface area contributed by atoms with Crippen molar-refractivity contribution in [1.29, 1.82) is 0 Å². The van der Waals surface area contributed by atoms with Crippen LogP contribution in [0, 0.1) is 20.8 Å². The number of carbonyl (C=O) groups excluding carboxylic acids is 1. The van der Waals surface area contributed by atoms with E-state index < -0.39 is 0 Å². The summed E-state index contributed by atoms with van der Waals surface area (Å²) in [5.41, 5.74) is 6.51. The van der Waals surface area contributed by atoms with Crippen LogP contribution < -0.4 is 10.6 Å². The summed E-state index contributed by atoms with van der Waals surface area (Å²) in [5, 5.41) is 6.44. The molecule has 0 aromatic heterocycles. The van der Waals surface area contributed by atoms with E-state index in [9.17, 15) is 4.79 Å². The molecule has 0 spiro atoms. The van der Waals surface area contributed by atoms with E-state index in [1.165, 1.54) is 11.1 Å². The monoisotopic (exact) mass is 351 g/mol. The van der Waals surface area contributed by atoms with Gasteiger partial charge in [0.25, 0.3) is 5.91 Å². The van der Waals surface area contributed by atoms with Gasteiger partial charge in [-0.05, 0) is 43.0 Å². The molecule has 3 rings (SSSR count). The minimum Gasteiger partial charge on any atom is -0.348 e. The highest BCUT2D eigenvalue weighted by Gasteiger charge is 2.13. The molecule has 2 N–H and O–H groups in total. The van der Waals surface area contributed by atoms with Crippen LogP contribution in [0.2, 0.25) is 0 Å². The summed E-state index contributed by atoms with van der Waals surface area (Å²) >= 11 is 0. The Morgan fingerprint density at radius 2 is 1.58 bits per heavy atom. The van der Waals surface area contributed by atoms with E-state index in [1.54, 1.807) is 0 Å². The van der Waals surface area contributed by atoms with Crippen LogP contribution in [-0.4, -0.2) is 37.0 Å². The number of amides is 1. The van der Waals surface area contributed by atoms with Crippen molar-refractivity contribution in [3.05, 3.63) is 69.8 Å². The van der Waals surface area contributed by atoms with Crippen molar-refractivity contribution in [2.75, 3.05) is 26.2 Å². The van der Waals surface area contributed by atoms with E-state index in [4.69, 9.17) is 0 Å². The number of hydrogen-bond acceptors (Lipinski definition) is 3. The quantitative estimate of drug-likeness (QED) is 0.870. The average molecular weight is 351 g/mol. The van der Waals surface area contributed by atoms with Crippen LogP contribution in [0.15, 0.2) is 36.4 Å².